The van der Waals surface area contributed by atoms with Crippen molar-refractivity contribution in [2.24, 2.45) is 5.73 Å². The predicted molar refractivity (Wildman–Crippen MR) is 78.3 cm³/mol. The molecule has 0 radical (unpaired) electrons. The van der Waals surface area contributed by atoms with Crippen molar-refractivity contribution >= 4 is 5.69 Å². The molecule has 6 heteroatoms. The lowest BCUT2D eigenvalue weighted by Crippen LogP contribution is -1.99. The van der Waals surface area contributed by atoms with Gasteiger partial charge in [0.1, 0.15) is 18.1 Å². The standard InChI is InChI=1S/C15H16N2O4/c1-20-15-7-12(6-13(8-15)17(18)19)10-21-14-4-2-11(9-16)3-5-14/h2-8H,9-10,16H2,1H3. The molecular formula is C15H16N2O4. The molecule has 0 saturated heterocycles. The number of ether oxygens (including phenoxy) is 2. The lowest BCUT2D eigenvalue weighted by molar-refractivity contribution is -0.385. The molecule has 0 unspecified atom stereocenters. The number of benzene rings is 2. The maximum Gasteiger partial charge on any atom is 0.273 e. The fourth-order valence-corrected chi connectivity index (χ4v) is 1.84. The zero-order chi connectivity index (χ0) is 15.2. The highest BCUT2D eigenvalue weighted by Gasteiger charge is 2.10. The summed E-state index contributed by atoms with van der Waals surface area (Å²) in [4.78, 5) is 10.4. The van der Waals surface area contributed by atoms with Crippen LogP contribution in [0.3, 0.4) is 0 Å². The van der Waals surface area contributed by atoms with Gasteiger partial charge in [-0.05, 0) is 29.3 Å². The van der Waals surface area contributed by atoms with E-state index in [1.807, 2.05) is 24.3 Å². The molecule has 0 saturated carbocycles. The molecule has 0 spiro atoms. The van der Waals surface area contributed by atoms with Crippen molar-refractivity contribution in [1.29, 1.82) is 0 Å². The highest BCUT2D eigenvalue weighted by atomic mass is 16.6. The van der Waals surface area contributed by atoms with Crippen molar-refractivity contribution in [3.8, 4) is 11.5 Å². The van der Waals surface area contributed by atoms with Gasteiger partial charge in [0.05, 0.1) is 18.1 Å². The minimum absolute atomic E-state index is 0.0218. The number of nitrogens with two attached hydrogens (primary N) is 1. The maximum absolute atomic E-state index is 10.9. The van der Waals surface area contributed by atoms with Crippen LogP contribution < -0.4 is 15.2 Å². The van der Waals surface area contributed by atoms with E-state index in [9.17, 15) is 10.1 Å². The second kappa shape index (κ2) is 6.71. The van der Waals surface area contributed by atoms with Crippen molar-refractivity contribution in [3.63, 3.8) is 0 Å². The van der Waals surface area contributed by atoms with Crippen LogP contribution in [0.5, 0.6) is 11.5 Å². The molecule has 0 atom stereocenters. The average molecular weight is 288 g/mol. The van der Waals surface area contributed by atoms with Crippen molar-refractivity contribution in [3.05, 3.63) is 63.7 Å². The number of non-ortho nitro benzene ring substituents is 1. The van der Waals surface area contributed by atoms with E-state index in [1.54, 1.807) is 6.07 Å². The Labute approximate surface area is 122 Å². The molecule has 110 valence electrons. The van der Waals surface area contributed by atoms with E-state index in [0.717, 1.165) is 5.56 Å². The normalized spacial score (nSPS) is 10.2. The van der Waals surface area contributed by atoms with Crippen LogP contribution in [0.15, 0.2) is 42.5 Å². The molecule has 0 fully saturated rings. The van der Waals surface area contributed by atoms with Crippen LogP contribution >= 0.6 is 0 Å². The Morgan fingerprint density at radius 3 is 2.38 bits per heavy atom. The molecule has 2 N–H and O–H groups in total. The molecule has 6 nitrogen and oxygen atoms in total. The number of hydrogen-bond donors (Lipinski definition) is 1. The summed E-state index contributed by atoms with van der Waals surface area (Å²) < 4.78 is 10.7. The lowest BCUT2D eigenvalue weighted by Gasteiger charge is -2.08. The highest BCUT2D eigenvalue weighted by Crippen LogP contribution is 2.23. The molecule has 0 amide bonds. The van der Waals surface area contributed by atoms with Crippen LogP contribution in [-0.4, -0.2) is 12.0 Å². The van der Waals surface area contributed by atoms with E-state index >= 15 is 0 Å². The van der Waals surface area contributed by atoms with Gasteiger partial charge in [-0.2, -0.15) is 0 Å². The summed E-state index contributed by atoms with van der Waals surface area (Å²) in [7, 11) is 1.47. The van der Waals surface area contributed by atoms with Gasteiger partial charge in [-0.3, -0.25) is 10.1 Å². The molecule has 0 aliphatic heterocycles. The van der Waals surface area contributed by atoms with Crippen molar-refractivity contribution in [2.75, 3.05) is 7.11 Å². The van der Waals surface area contributed by atoms with Crippen LogP contribution in [0.25, 0.3) is 0 Å². The quantitative estimate of drug-likeness (QED) is 0.652. The zero-order valence-electron chi connectivity index (χ0n) is 11.6. The molecule has 21 heavy (non-hydrogen) atoms. The van der Waals surface area contributed by atoms with Crippen molar-refractivity contribution in [2.45, 2.75) is 13.2 Å². The van der Waals surface area contributed by atoms with Crippen LogP contribution in [-0.2, 0) is 13.2 Å². The van der Waals surface area contributed by atoms with Gasteiger partial charge < -0.3 is 15.2 Å². The second-order valence-corrected chi connectivity index (χ2v) is 4.43. The number of rotatable bonds is 6. The minimum atomic E-state index is -0.456. The number of hydrogen-bond acceptors (Lipinski definition) is 5. The van der Waals surface area contributed by atoms with E-state index in [-0.39, 0.29) is 12.3 Å². The molecule has 2 rings (SSSR count). The summed E-state index contributed by atoms with van der Waals surface area (Å²) in [5.74, 6) is 1.11. The molecule has 0 bridgehead atoms. The van der Waals surface area contributed by atoms with E-state index in [2.05, 4.69) is 0 Å². The zero-order valence-corrected chi connectivity index (χ0v) is 11.6. The van der Waals surface area contributed by atoms with Gasteiger partial charge in [-0.1, -0.05) is 12.1 Å². The fourth-order valence-electron chi connectivity index (χ4n) is 1.84. The average Bonchev–Trinajstić information content (AvgIpc) is 2.53. The summed E-state index contributed by atoms with van der Waals surface area (Å²) in [6.07, 6.45) is 0. The number of nitro groups is 1. The first-order valence-electron chi connectivity index (χ1n) is 6.36. The third-order valence-corrected chi connectivity index (χ3v) is 2.96. The first kappa shape index (κ1) is 14.8. The first-order valence-corrected chi connectivity index (χ1v) is 6.36. The second-order valence-electron chi connectivity index (χ2n) is 4.43. The number of methoxy groups -OCH3 is 1. The van der Waals surface area contributed by atoms with Gasteiger partial charge in [0.15, 0.2) is 0 Å². The SMILES string of the molecule is COc1cc(COc2ccc(CN)cc2)cc([N+](=O)[O-])c1. The van der Waals surface area contributed by atoms with E-state index in [1.165, 1.54) is 19.2 Å². The maximum atomic E-state index is 10.9. The molecule has 2 aromatic carbocycles. The molecule has 2 aromatic rings. The Bertz CT molecular complexity index is 626. The number of nitrogens with zero attached hydrogens (tertiary/aromatic N) is 1. The predicted octanol–water partition coefficient (Wildman–Crippen LogP) is 2.64. The molecule has 0 heterocycles. The van der Waals surface area contributed by atoms with E-state index in [0.29, 0.717) is 23.6 Å². The van der Waals surface area contributed by atoms with E-state index in [4.69, 9.17) is 15.2 Å². The Morgan fingerprint density at radius 1 is 1.10 bits per heavy atom. The Hall–Kier alpha value is -2.60. The Kier molecular flexibility index (Phi) is 4.73. The third kappa shape index (κ3) is 3.93. The number of nitro benzene ring substituents is 1. The first-order chi connectivity index (χ1) is 10.1. The van der Waals surface area contributed by atoms with Crippen molar-refractivity contribution in [1.82, 2.24) is 0 Å². The van der Waals surface area contributed by atoms with Gasteiger partial charge in [0, 0.05) is 12.6 Å². The molecule has 0 aromatic heterocycles. The minimum Gasteiger partial charge on any atom is -0.496 e. The Morgan fingerprint density at radius 2 is 1.81 bits per heavy atom. The third-order valence-electron chi connectivity index (χ3n) is 2.96. The van der Waals surface area contributed by atoms with Gasteiger partial charge in [-0.15, -0.1) is 0 Å². The van der Waals surface area contributed by atoms with Crippen LogP contribution in [0.2, 0.25) is 0 Å². The molecule has 0 aliphatic rings. The topological polar surface area (TPSA) is 87.6 Å². The summed E-state index contributed by atoms with van der Waals surface area (Å²) in [6.45, 7) is 0.697. The largest absolute Gasteiger partial charge is 0.496 e. The van der Waals surface area contributed by atoms with Gasteiger partial charge in [0.2, 0.25) is 0 Å². The molecule has 0 aliphatic carbocycles. The van der Waals surface area contributed by atoms with Gasteiger partial charge >= 0.3 is 0 Å². The summed E-state index contributed by atoms with van der Waals surface area (Å²) in [5.41, 5.74) is 7.19. The monoisotopic (exact) mass is 288 g/mol. The molecular weight excluding hydrogens is 272 g/mol. The van der Waals surface area contributed by atoms with Crippen LogP contribution in [0.1, 0.15) is 11.1 Å². The summed E-state index contributed by atoms with van der Waals surface area (Å²) >= 11 is 0. The lowest BCUT2D eigenvalue weighted by atomic mass is 10.2. The van der Waals surface area contributed by atoms with Gasteiger partial charge in [0.25, 0.3) is 5.69 Å². The van der Waals surface area contributed by atoms with Gasteiger partial charge in [-0.25, -0.2) is 0 Å². The van der Waals surface area contributed by atoms with Crippen LogP contribution in [0, 0.1) is 10.1 Å². The van der Waals surface area contributed by atoms with Crippen molar-refractivity contribution < 1.29 is 14.4 Å². The summed E-state index contributed by atoms with van der Waals surface area (Å²) in [5, 5.41) is 10.9. The fraction of sp³-hybridized carbons (Fsp3) is 0.200. The highest BCUT2D eigenvalue weighted by molar-refractivity contribution is 5.42. The summed E-state index contributed by atoms with van der Waals surface area (Å²) in [6, 6.07) is 11.9. The van der Waals surface area contributed by atoms with Crippen LogP contribution in [0.4, 0.5) is 5.69 Å². The van der Waals surface area contributed by atoms with E-state index < -0.39 is 4.92 Å². The smallest absolute Gasteiger partial charge is 0.273 e. The Balaban J connectivity index is 2.11.